The van der Waals surface area contributed by atoms with Gasteiger partial charge in [0.25, 0.3) is 0 Å². The minimum absolute atomic E-state index is 0.338. The molecule has 0 fully saturated rings. The van der Waals surface area contributed by atoms with Crippen molar-refractivity contribution >= 4 is 22.7 Å². The third-order valence-electron chi connectivity index (χ3n) is 2.81. The van der Waals surface area contributed by atoms with Crippen molar-refractivity contribution in [2.75, 3.05) is 18.9 Å². The number of anilines is 1. The lowest BCUT2D eigenvalue weighted by atomic mass is 10.1. The van der Waals surface area contributed by atoms with Crippen LogP contribution in [0.2, 0.25) is 0 Å². The summed E-state index contributed by atoms with van der Waals surface area (Å²) in [6.45, 7) is 6.14. The van der Waals surface area contributed by atoms with Crippen molar-refractivity contribution in [2.24, 2.45) is 0 Å². The summed E-state index contributed by atoms with van der Waals surface area (Å²) in [5.74, 6) is 1.15. The maximum atomic E-state index is 11.5. The third-order valence-corrected chi connectivity index (χ3v) is 2.81. The zero-order valence-corrected chi connectivity index (χ0v) is 13.1. The number of amides is 1. The van der Waals surface area contributed by atoms with E-state index in [1.54, 1.807) is 6.20 Å². The van der Waals surface area contributed by atoms with Crippen molar-refractivity contribution in [3.63, 3.8) is 0 Å². The van der Waals surface area contributed by atoms with E-state index in [4.69, 9.17) is 15.2 Å². The van der Waals surface area contributed by atoms with Crippen molar-refractivity contribution in [1.82, 2.24) is 10.3 Å². The molecule has 0 atom stereocenters. The number of nitrogen functional groups attached to an aromatic ring is 1. The van der Waals surface area contributed by atoms with E-state index in [1.807, 2.05) is 45.0 Å². The van der Waals surface area contributed by atoms with Gasteiger partial charge in [-0.15, -0.1) is 0 Å². The number of pyridine rings is 1. The maximum absolute atomic E-state index is 11.5. The van der Waals surface area contributed by atoms with Crippen molar-refractivity contribution in [2.45, 2.75) is 26.4 Å². The Morgan fingerprint density at radius 3 is 2.82 bits per heavy atom. The lowest BCUT2D eigenvalue weighted by Crippen LogP contribution is -2.34. The Bertz CT molecular complexity index is 665. The molecule has 0 bridgehead atoms. The fraction of sp³-hybridized carbons (Fsp3) is 0.375. The molecule has 1 heterocycles. The molecule has 2 aromatic rings. The average molecular weight is 303 g/mol. The molecule has 0 radical (unpaired) electrons. The Hall–Kier alpha value is -2.50. The predicted octanol–water partition coefficient (Wildman–Crippen LogP) is 2.72. The molecule has 1 aromatic carbocycles. The number of rotatable bonds is 4. The molecule has 0 aliphatic heterocycles. The van der Waals surface area contributed by atoms with Gasteiger partial charge in [-0.05, 0) is 44.4 Å². The summed E-state index contributed by atoms with van der Waals surface area (Å²) in [7, 11) is 0. The van der Waals surface area contributed by atoms with E-state index in [2.05, 4.69) is 10.3 Å². The van der Waals surface area contributed by atoms with Crippen LogP contribution in [0.15, 0.2) is 30.5 Å². The zero-order chi connectivity index (χ0) is 16.2. The van der Waals surface area contributed by atoms with Gasteiger partial charge in [0.2, 0.25) is 0 Å². The van der Waals surface area contributed by atoms with Gasteiger partial charge in [0.05, 0.1) is 6.54 Å². The zero-order valence-electron chi connectivity index (χ0n) is 13.1. The number of carbonyl (C=O) groups is 1. The smallest absolute Gasteiger partial charge is 0.407 e. The van der Waals surface area contributed by atoms with Crippen LogP contribution in [0.4, 0.5) is 10.6 Å². The molecule has 0 saturated heterocycles. The molecule has 118 valence electrons. The topological polar surface area (TPSA) is 86.5 Å². The molecule has 0 spiro atoms. The molecule has 0 aliphatic carbocycles. The first-order valence-electron chi connectivity index (χ1n) is 7.09. The molecule has 2 rings (SSSR count). The molecule has 6 heteroatoms. The van der Waals surface area contributed by atoms with E-state index >= 15 is 0 Å². The van der Waals surface area contributed by atoms with Gasteiger partial charge in [-0.3, -0.25) is 0 Å². The number of fused-ring (bicyclic) bond motifs is 1. The molecule has 1 aromatic heterocycles. The Morgan fingerprint density at radius 2 is 2.09 bits per heavy atom. The third kappa shape index (κ3) is 4.51. The molecular formula is C16H21N3O3. The first-order valence-corrected chi connectivity index (χ1v) is 7.09. The summed E-state index contributed by atoms with van der Waals surface area (Å²) in [6, 6.07) is 7.50. The second-order valence-electron chi connectivity index (χ2n) is 5.86. The first kappa shape index (κ1) is 15.9. The average Bonchev–Trinajstić information content (AvgIpc) is 2.42. The van der Waals surface area contributed by atoms with Crippen LogP contribution in [-0.2, 0) is 4.74 Å². The molecule has 22 heavy (non-hydrogen) atoms. The molecule has 0 saturated carbocycles. The monoisotopic (exact) mass is 303 g/mol. The van der Waals surface area contributed by atoms with Crippen LogP contribution < -0.4 is 15.8 Å². The van der Waals surface area contributed by atoms with Crippen molar-refractivity contribution in [3.05, 3.63) is 30.5 Å². The number of ether oxygens (including phenoxy) is 2. The highest BCUT2D eigenvalue weighted by atomic mass is 16.6. The van der Waals surface area contributed by atoms with Crippen molar-refractivity contribution < 1.29 is 14.3 Å². The van der Waals surface area contributed by atoms with Crippen LogP contribution in [0.1, 0.15) is 20.8 Å². The van der Waals surface area contributed by atoms with Crippen LogP contribution >= 0.6 is 0 Å². The highest BCUT2D eigenvalue weighted by molar-refractivity contribution is 5.91. The van der Waals surface area contributed by atoms with Gasteiger partial charge >= 0.3 is 6.09 Å². The number of nitrogens with two attached hydrogens (primary N) is 1. The van der Waals surface area contributed by atoms with Gasteiger partial charge in [-0.1, -0.05) is 6.07 Å². The maximum Gasteiger partial charge on any atom is 0.407 e. The molecule has 3 N–H and O–H groups in total. The van der Waals surface area contributed by atoms with Crippen molar-refractivity contribution in [3.8, 4) is 5.75 Å². The van der Waals surface area contributed by atoms with E-state index in [-0.39, 0.29) is 0 Å². The number of benzene rings is 1. The molecular weight excluding hydrogens is 282 g/mol. The Kier molecular flexibility index (Phi) is 4.70. The molecule has 0 aliphatic rings. The molecule has 0 unspecified atom stereocenters. The van der Waals surface area contributed by atoms with E-state index in [9.17, 15) is 4.79 Å². The summed E-state index contributed by atoms with van der Waals surface area (Å²) in [5.41, 5.74) is 5.33. The number of hydrogen-bond donors (Lipinski definition) is 2. The minimum Gasteiger partial charge on any atom is -0.492 e. The fourth-order valence-electron chi connectivity index (χ4n) is 1.90. The van der Waals surface area contributed by atoms with Crippen LogP contribution in [0.3, 0.4) is 0 Å². The number of carbonyl (C=O) groups excluding carboxylic acids is 1. The van der Waals surface area contributed by atoms with Gasteiger partial charge < -0.3 is 20.5 Å². The van der Waals surface area contributed by atoms with Crippen molar-refractivity contribution in [1.29, 1.82) is 0 Å². The summed E-state index contributed by atoms with van der Waals surface area (Å²) >= 11 is 0. The van der Waals surface area contributed by atoms with Gasteiger partial charge in [-0.25, -0.2) is 9.78 Å². The summed E-state index contributed by atoms with van der Waals surface area (Å²) < 4.78 is 10.7. The second kappa shape index (κ2) is 6.51. The SMILES string of the molecule is CC(C)(C)OC(=O)NCCOc1ccc2ccnc(N)c2c1. The Balaban J connectivity index is 1.85. The summed E-state index contributed by atoms with van der Waals surface area (Å²) in [4.78, 5) is 15.5. The normalized spacial score (nSPS) is 11.2. The lowest BCUT2D eigenvalue weighted by molar-refractivity contribution is 0.0520. The standard InChI is InChI=1S/C16H21N3O3/c1-16(2,3)22-15(20)19-8-9-21-12-5-4-11-6-7-18-14(17)13(11)10-12/h4-7,10H,8-9H2,1-3H3,(H2,17,18)(H,19,20). The number of aromatic nitrogens is 1. The highest BCUT2D eigenvalue weighted by Crippen LogP contribution is 2.23. The largest absolute Gasteiger partial charge is 0.492 e. The minimum atomic E-state index is -0.506. The van der Waals surface area contributed by atoms with E-state index < -0.39 is 11.7 Å². The lowest BCUT2D eigenvalue weighted by Gasteiger charge is -2.19. The Labute approximate surface area is 129 Å². The number of hydrogen-bond acceptors (Lipinski definition) is 5. The van der Waals surface area contributed by atoms with Gasteiger partial charge in [-0.2, -0.15) is 0 Å². The molecule has 1 amide bonds. The summed E-state index contributed by atoms with van der Waals surface area (Å²) in [5, 5.41) is 4.49. The fourth-order valence-corrected chi connectivity index (χ4v) is 1.90. The van der Waals surface area contributed by atoms with E-state index in [0.29, 0.717) is 24.7 Å². The number of nitrogens with one attached hydrogen (secondary N) is 1. The van der Waals surface area contributed by atoms with Gasteiger partial charge in [0.15, 0.2) is 0 Å². The first-order chi connectivity index (χ1) is 10.3. The van der Waals surface area contributed by atoms with E-state index in [1.165, 1.54) is 0 Å². The quantitative estimate of drug-likeness (QED) is 0.848. The number of alkyl carbamates (subject to hydrolysis) is 1. The van der Waals surface area contributed by atoms with E-state index in [0.717, 1.165) is 10.8 Å². The van der Waals surface area contributed by atoms with Crippen LogP contribution in [0.25, 0.3) is 10.8 Å². The van der Waals surface area contributed by atoms with Crippen LogP contribution in [-0.4, -0.2) is 29.8 Å². The highest BCUT2D eigenvalue weighted by Gasteiger charge is 2.15. The Morgan fingerprint density at radius 1 is 1.32 bits per heavy atom. The van der Waals surface area contributed by atoms with Gasteiger partial charge in [0, 0.05) is 11.6 Å². The van der Waals surface area contributed by atoms with Crippen LogP contribution in [0, 0.1) is 0 Å². The summed E-state index contributed by atoms with van der Waals surface area (Å²) in [6.07, 6.45) is 1.21. The number of nitrogens with zero attached hydrogens (tertiary/aromatic N) is 1. The van der Waals surface area contributed by atoms with Crippen LogP contribution in [0.5, 0.6) is 5.75 Å². The predicted molar refractivity (Wildman–Crippen MR) is 85.9 cm³/mol. The molecule has 6 nitrogen and oxygen atoms in total. The second-order valence-corrected chi connectivity index (χ2v) is 5.86. The van der Waals surface area contributed by atoms with Gasteiger partial charge in [0.1, 0.15) is 23.8 Å².